The molecule has 1 aromatic rings. The molecule has 0 bridgehead atoms. The van der Waals surface area contributed by atoms with Gasteiger partial charge in [-0.25, -0.2) is 4.39 Å². The molecule has 1 saturated heterocycles. The van der Waals surface area contributed by atoms with Crippen molar-refractivity contribution in [2.75, 3.05) is 40.1 Å². The van der Waals surface area contributed by atoms with Gasteiger partial charge in [0.15, 0.2) is 10.9 Å². The number of carbonyl (C=O) groups is 1. The fourth-order valence-electron chi connectivity index (χ4n) is 2.34. The van der Waals surface area contributed by atoms with Crippen LogP contribution < -0.4 is 10.1 Å². The zero-order valence-corrected chi connectivity index (χ0v) is 14.5. The number of benzene rings is 1. The van der Waals surface area contributed by atoms with Gasteiger partial charge in [-0.15, -0.1) is 0 Å². The van der Waals surface area contributed by atoms with Gasteiger partial charge in [0.2, 0.25) is 0 Å². The number of hydrogen-bond acceptors (Lipinski definition) is 5. The summed E-state index contributed by atoms with van der Waals surface area (Å²) >= 11 is 5.29. The van der Waals surface area contributed by atoms with E-state index in [1.54, 1.807) is 7.11 Å². The molecule has 1 aromatic carbocycles. The van der Waals surface area contributed by atoms with Crippen molar-refractivity contribution < 1.29 is 23.4 Å². The Hall–Kier alpha value is -1.77. The summed E-state index contributed by atoms with van der Waals surface area (Å²) in [4.78, 5) is 13.6. The molecular formula is C16H21FN2O4S. The molecule has 0 aromatic heterocycles. The first-order valence-corrected chi connectivity index (χ1v) is 7.98. The van der Waals surface area contributed by atoms with Gasteiger partial charge in [0, 0.05) is 20.2 Å². The van der Waals surface area contributed by atoms with E-state index in [1.165, 1.54) is 25.1 Å². The molecule has 8 heteroatoms. The Morgan fingerprint density at radius 2 is 2.33 bits per heavy atom. The maximum absolute atomic E-state index is 13.3. The molecule has 0 aliphatic carbocycles. The number of ketones is 1. The number of nitrogens with zero attached hydrogens (tertiary/aromatic N) is 1. The minimum absolute atomic E-state index is 0.203. The number of morpholine rings is 1. The predicted molar refractivity (Wildman–Crippen MR) is 90.8 cm³/mol. The molecule has 1 heterocycles. The number of Topliss-reactive ketones (excluding diaryl/α,β-unsaturated/α-hetero) is 1. The second kappa shape index (κ2) is 8.91. The summed E-state index contributed by atoms with van der Waals surface area (Å²) in [5.41, 5.74) is 0.222. The number of ether oxygens (including phenoxy) is 3. The van der Waals surface area contributed by atoms with Crippen LogP contribution >= 0.6 is 12.2 Å². The van der Waals surface area contributed by atoms with Crippen LogP contribution in [0.1, 0.15) is 17.3 Å². The number of methoxy groups -OCH3 is 1. The summed E-state index contributed by atoms with van der Waals surface area (Å²) in [6.45, 7) is 3.73. The van der Waals surface area contributed by atoms with Crippen molar-refractivity contribution >= 4 is 23.1 Å². The average molecular weight is 356 g/mol. The van der Waals surface area contributed by atoms with Crippen LogP contribution in [0.5, 0.6) is 5.75 Å². The van der Waals surface area contributed by atoms with Crippen LogP contribution in [0, 0.1) is 5.82 Å². The van der Waals surface area contributed by atoms with Crippen molar-refractivity contribution in [2.24, 2.45) is 0 Å². The summed E-state index contributed by atoms with van der Waals surface area (Å²) in [5.74, 6) is -0.368. The van der Waals surface area contributed by atoms with Gasteiger partial charge < -0.3 is 24.4 Å². The number of rotatable bonds is 6. The Morgan fingerprint density at radius 3 is 3.04 bits per heavy atom. The first kappa shape index (κ1) is 18.6. The Bertz CT molecular complexity index is 599. The van der Waals surface area contributed by atoms with Gasteiger partial charge >= 0.3 is 0 Å². The van der Waals surface area contributed by atoms with Gasteiger partial charge in [0.25, 0.3) is 0 Å². The minimum atomic E-state index is -0.470. The van der Waals surface area contributed by atoms with E-state index >= 15 is 0 Å². The zero-order valence-electron chi connectivity index (χ0n) is 13.7. The standard InChI is InChI=1S/C16H21FN2O4S/c1-11(20)14-7-12(17)3-4-15(14)23-9-13-8-19(5-6-22-13)16(24)18-10-21-2/h3-4,7,13H,5-6,8-10H2,1-2H3,(H,18,24). The number of hydrogen-bond donors (Lipinski definition) is 1. The Labute approximate surface area is 145 Å². The van der Waals surface area contributed by atoms with Crippen molar-refractivity contribution in [3.8, 4) is 5.75 Å². The van der Waals surface area contributed by atoms with Gasteiger partial charge in [-0.2, -0.15) is 0 Å². The van der Waals surface area contributed by atoms with Crippen molar-refractivity contribution in [1.29, 1.82) is 0 Å². The smallest absolute Gasteiger partial charge is 0.170 e. The van der Waals surface area contributed by atoms with Crippen LogP contribution in [0.3, 0.4) is 0 Å². The molecular weight excluding hydrogens is 335 g/mol. The van der Waals surface area contributed by atoms with Crippen LogP contribution in [0.25, 0.3) is 0 Å². The van der Waals surface area contributed by atoms with Crippen molar-refractivity contribution in [3.63, 3.8) is 0 Å². The van der Waals surface area contributed by atoms with E-state index in [2.05, 4.69) is 5.32 Å². The van der Waals surface area contributed by atoms with Crippen molar-refractivity contribution in [2.45, 2.75) is 13.0 Å². The quantitative estimate of drug-likeness (QED) is 0.472. The predicted octanol–water partition coefficient (Wildman–Crippen LogP) is 1.59. The van der Waals surface area contributed by atoms with Crippen molar-refractivity contribution in [3.05, 3.63) is 29.6 Å². The summed E-state index contributed by atoms with van der Waals surface area (Å²) in [5, 5.41) is 3.57. The number of nitrogens with one attached hydrogen (secondary N) is 1. The lowest BCUT2D eigenvalue weighted by atomic mass is 10.1. The molecule has 132 valence electrons. The molecule has 0 saturated carbocycles. The molecule has 0 radical (unpaired) electrons. The van der Waals surface area contributed by atoms with Gasteiger partial charge in [-0.1, -0.05) is 0 Å². The largest absolute Gasteiger partial charge is 0.490 e. The van der Waals surface area contributed by atoms with E-state index in [0.717, 1.165) is 0 Å². The topological polar surface area (TPSA) is 60.0 Å². The lowest BCUT2D eigenvalue weighted by Gasteiger charge is -2.34. The highest BCUT2D eigenvalue weighted by molar-refractivity contribution is 7.80. The Kier molecular flexibility index (Phi) is 6.89. The third-order valence-electron chi connectivity index (χ3n) is 3.54. The fraction of sp³-hybridized carbons (Fsp3) is 0.500. The average Bonchev–Trinajstić information content (AvgIpc) is 2.58. The van der Waals surface area contributed by atoms with Crippen LogP contribution in [0.2, 0.25) is 0 Å². The lowest BCUT2D eigenvalue weighted by molar-refractivity contribution is -0.0292. The van der Waals surface area contributed by atoms with Gasteiger partial charge in [0.1, 0.15) is 31.0 Å². The molecule has 6 nitrogen and oxygen atoms in total. The highest BCUT2D eigenvalue weighted by Crippen LogP contribution is 2.21. The lowest BCUT2D eigenvalue weighted by Crippen LogP contribution is -2.51. The van der Waals surface area contributed by atoms with E-state index < -0.39 is 5.82 Å². The van der Waals surface area contributed by atoms with E-state index in [9.17, 15) is 9.18 Å². The first-order chi connectivity index (χ1) is 11.5. The maximum Gasteiger partial charge on any atom is 0.170 e. The molecule has 1 fully saturated rings. The van der Waals surface area contributed by atoms with Gasteiger partial charge in [0.05, 0.1) is 12.2 Å². The number of thiocarbonyl (C=S) groups is 1. The van der Waals surface area contributed by atoms with Crippen LogP contribution in [-0.2, 0) is 9.47 Å². The SMILES string of the molecule is COCNC(=S)N1CCOC(COc2ccc(F)cc2C(C)=O)C1. The zero-order chi connectivity index (χ0) is 17.5. The van der Waals surface area contributed by atoms with Crippen molar-refractivity contribution in [1.82, 2.24) is 10.2 Å². The van der Waals surface area contributed by atoms with Gasteiger partial charge in [-0.05, 0) is 37.3 Å². The molecule has 24 heavy (non-hydrogen) atoms. The second-order valence-electron chi connectivity index (χ2n) is 5.36. The number of carbonyl (C=O) groups excluding carboxylic acids is 1. The summed E-state index contributed by atoms with van der Waals surface area (Å²) in [6, 6.07) is 3.90. The Balaban J connectivity index is 1.92. The van der Waals surface area contributed by atoms with Crippen LogP contribution in [-0.4, -0.2) is 62.0 Å². The maximum atomic E-state index is 13.3. The third kappa shape index (κ3) is 5.12. The van der Waals surface area contributed by atoms with Gasteiger partial charge in [-0.3, -0.25) is 4.79 Å². The second-order valence-corrected chi connectivity index (χ2v) is 5.75. The highest BCUT2D eigenvalue weighted by atomic mass is 32.1. The molecule has 0 amide bonds. The molecule has 1 aliphatic rings. The monoisotopic (exact) mass is 356 g/mol. The molecule has 0 spiro atoms. The van der Waals surface area contributed by atoms with E-state index in [4.69, 9.17) is 26.4 Å². The summed E-state index contributed by atoms with van der Waals surface area (Å²) < 4.78 is 29.5. The highest BCUT2D eigenvalue weighted by Gasteiger charge is 2.23. The van der Waals surface area contributed by atoms with E-state index in [-0.39, 0.29) is 24.1 Å². The molecule has 1 aliphatic heterocycles. The fourth-order valence-corrected chi connectivity index (χ4v) is 2.56. The Morgan fingerprint density at radius 1 is 1.54 bits per heavy atom. The minimum Gasteiger partial charge on any atom is -0.490 e. The number of halogens is 1. The van der Waals surface area contributed by atoms with E-state index in [1.807, 2.05) is 4.90 Å². The molecule has 1 N–H and O–H groups in total. The first-order valence-electron chi connectivity index (χ1n) is 7.58. The summed E-state index contributed by atoms with van der Waals surface area (Å²) in [7, 11) is 1.58. The third-order valence-corrected chi connectivity index (χ3v) is 3.94. The normalized spacial score (nSPS) is 17.5. The van der Waals surface area contributed by atoms with E-state index in [0.29, 0.717) is 37.3 Å². The summed E-state index contributed by atoms with van der Waals surface area (Å²) in [6.07, 6.45) is -0.203. The molecule has 1 unspecified atom stereocenters. The van der Waals surface area contributed by atoms with Crippen LogP contribution in [0.15, 0.2) is 18.2 Å². The molecule has 1 atom stereocenters. The molecule has 2 rings (SSSR count). The van der Waals surface area contributed by atoms with Crippen LogP contribution in [0.4, 0.5) is 4.39 Å².